The summed E-state index contributed by atoms with van der Waals surface area (Å²) in [6, 6.07) is 0.423. The molecule has 0 aromatic carbocycles. The maximum atomic E-state index is 5.77. The van der Waals surface area contributed by atoms with E-state index in [1.54, 1.807) is 14.2 Å². The number of methoxy groups -OCH3 is 2. The van der Waals surface area contributed by atoms with E-state index in [1.165, 1.54) is 0 Å². The molecule has 0 aromatic rings. The van der Waals surface area contributed by atoms with E-state index in [4.69, 9.17) is 28.4 Å². The fourth-order valence-corrected chi connectivity index (χ4v) is 3.02. The van der Waals surface area contributed by atoms with Crippen LogP contribution in [0.25, 0.3) is 0 Å². The smallest absolute Gasteiger partial charge is 0.147 e. The first-order valence-corrected chi connectivity index (χ1v) is 7.66. The fourth-order valence-electron chi connectivity index (χ4n) is 3.02. The molecule has 0 amide bonds. The Morgan fingerprint density at radius 3 is 2.19 bits per heavy atom. The van der Waals surface area contributed by atoms with Crippen molar-refractivity contribution < 1.29 is 28.4 Å². The molecular formula is C13H26B2O6. The molecule has 2 heterocycles. The van der Waals surface area contributed by atoms with Crippen LogP contribution in [0, 0.1) is 0 Å². The SMILES string of the molecule is B[C@H]1CC(OC)[C@@H](COCOC2C[C@H](B)O[C@@H]2COC)O1. The van der Waals surface area contributed by atoms with E-state index < -0.39 is 0 Å². The van der Waals surface area contributed by atoms with Crippen molar-refractivity contribution in [3.63, 3.8) is 0 Å². The van der Waals surface area contributed by atoms with E-state index in [9.17, 15) is 0 Å². The summed E-state index contributed by atoms with van der Waals surface area (Å²) in [6.45, 7) is 1.27. The van der Waals surface area contributed by atoms with Gasteiger partial charge in [-0.1, -0.05) is 0 Å². The van der Waals surface area contributed by atoms with Crippen molar-refractivity contribution in [3.05, 3.63) is 0 Å². The molecule has 0 bridgehead atoms. The Balaban J connectivity index is 1.65. The van der Waals surface area contributed by atoms with Crippen LogP contribution in [0.1, 0.15) is 12.8 Å². The average molecular weight is 300 g/mol. The second-order valence-corrected chi connectivity index (χ2v) is 5.86. The molecule has 2 aliphatic rings. The fraction of sp³-hybridized carbons (Fsp3) is 1.00. The van der Waals surface area contributed by atoms with Gasteiger partial charge in [0, 0.05) is 26.2 Å². The van der Waals surface area contributed by atoms with Gasteiger partial charge in [-0.2, -0.15) is 0 Å². The van der Waals surface area contributed by atoms with Gasteiger partial charge in [-0.3, -0.25) is 0 Å². The summed E-state index contributed by atoms with van der Waals surface area (Å²) in [6.07, 6.45) is 1.90. The molecule has 0 aromatic heterocycles. The molecule has 6 nitrogen and oxygen atoms in total. The van der Waals surface area contributed by atoms with Crippen LogP contribution in [0.3, 0.4) is 0 Å². The topological polar surface area (TPSA) is 55.4 Å². The van der Waals surface area contributed by atoms with Gasteiger partial charge in [0.2, 0.25) is 0 Å². The van der Waals surface area contributed by atoms with E-state index in [-0.39, 0.29) is 43.2 Å². The van der Waals surface area contributed by atoms with Crippen LogP contribution in [0.4, 0.5) is 0 Å². The highest BCUT2D eigenvalue weighted by Gasteiger charge is 2.35. The van der Waals surface area contributed by atoms with Crippen LogP contribution in [0.5, 0.6) is 0 Å². The minimum absolute atomic E-state index is 0.0110. The van der Waals surface area contributed by atoms with Gasteiger partial charge in [0.15, 0.2) is 0 Å². The van der Waals surface area contributed by atoms with Crippen LogP contribution in [0.15, 0.2) is 0 Å². The number of hydrogen-bond donors (Lipinski definition) is 0. The molecule has 0 radical (unpaired) electrons. The Bertz CT molecular complexity index is 308. The predicted molar refractivity (Wildman–Crippen MR) is 82.0 cm³/mol. The summed E-state index contributed by atoms with van der Waals surface area (Å²) >= 11 is 0. The van der Waals surface area contributed by atoms with Crippen molar-refractivity contribution in [2.75, 3.05) is 34.2 Å². The third-order valence-corrected chi connectivity index (χ3v) is 4.05. The lowest BCUT2D eigenvalue weighted by molar-refractivity contribution is -0.138. The van der Waals surface area contributed by atoms with Gasteiger partial charge in [-0.25, -0.2) is 0 Å². The van der Waals surface area contributed by atoms with Crippen LogP contribution < -0.4 is 0 Å². The maximum absolute atomic E-state index is 5.77. The molecular weight excluding hydrogens is 274 g/mol. The Hall–Kier alpha value is -0.110. The van der Waals surface area contributed by atoms with Crippen molar-refractivity contribution in [3.8, 4) is 0 Å². The molecule has 2 fully saturated rings. The van der Waals surface area contributed by atoms with Gasteiger partial charge >= 0.3 is 0 Å². The largest absolute Gasteiger partial charge is 0.382 e. The average Bonchev–Trinajstić information content (AvgIpc) is 2.98. The minimum Gasteiger partial charge on any atom is -0.382 e. The van der Waals surface area contributed by atoms with Gasteiger partial charge in [-0.05, 0) is 12.8 Å². The molecule has 0 aliphatic carbocycles. The monoisotopic (exact) mass is 300 g/mol. The maximum Gasteiger partial charge on any atom is 0.147 e. The standard InChI is InChI=1S/C13H26B2O6/c1-16-5-10-9(4-13(15)20-10)19-7-18-6-11-8(17-2)3-12(14)21-11/h8-13H,3-7,14-15H2,1-2H3/t8?,9?,10-,11-,12-,13-/m1/s1. The number of ether oxygens (including phenoxy) is 6. The lowest BCUT2D eigenvalue weighted by Gasteiger charge is -2.20. The van der Waals surface area contributed by atoms with Crippen molar-refractivity contribution in [1.29, 1.82) is 0 Å². The zero-order valence-electron chi connectivity index (χ0n) is 13.4. The van der Waals surface area contributed by atoms with Gasteiger partial charge in [0.25, 0.3) is 0 Å². The first kappa shape index (κ1) is 17.2. The normalized spacial score (nSPS) is 39.9. The molecule has 2 unspecified atom stereocenters. The zero-order valence-corrected chi connectivity index (χ0v) is 13.4. The Kier molecular flexibility index (Phi) is 6.98. The van der Waals surface area contributed by atoms with E-state index in [1.807, 2.05) is 7.85 Å². The van der Waals surface area contributed by atoms with Crippen LogP contribution >= 0.6 is 0 Å². The Morgan fingerprint density at radius 2 is 1.57 bits per heavy atom. The Morgan fingerprint density at radius 1 is 0.952 bits per heavy atom. The summed E-state index contributed by atoms with van der Waals surface area (Å²) in [5.41, 5.74) is 0. The third-order valence-electron chi connectivity index (χ3n) is 4.05. The lowest BCUT2D eigenvalue weighted by atomic mass is 9.96. The summed E-state index contributed by atoms with van der Waals surface area (Å²) in [5.74, 6) is 0. The van der Waals surface area contributed by atoms with E-state index in [0.717, 1.165) is 12.8 Å². The van der Waals surface area contributed by atoms with Crippen LogP contribution in [0.2, 0.25) is 0 Å². The predicted octanol–water partition coefficient (Wildman–Crippen LogP) is -1.50. The highest BCUT2D eigenvalue weighted by Crippen LogP contribution is 2.23. The van der Waals surface area contributed by atoms with Gasteiger partial charge < -0.3 is 28.4 Å². The molecule has 2 rings (SSSR count). The molecule has 8 heteroatoms. The van der Waals surface area contributed by atoms with Crippen LogP contribution in [-0.4, -0.2) is 86.3 Å². The molecule has 0 saturated carbocycles. The molecule has 2 saturated heterocycles. The summed E-state index contributed by atoms with van der Waals surface area (Å²) in [4.78, 5) is 0. The summed E-state index contributed by atoms with van der Waals surface area (Å²) in [7, 11) is 7.48. The molecule has 6 atom stereocenters. The molecule has 2 aliphatic heterocycles. The lowest BCUT2D eigenvalue weighted by Crippen LogP contribution is -2.32. The van der Waals surface area contributed by atoms with Crippen LogP contribution in [-0.2, 0) is 28.4 Å². The molecule has 21 heavy (non-hydrogen) atoms. The second-order valence-electron chi connectivity index (χ2n) is 5.86. The van der Waals surface area contributed by atoms with Gasteiger partial charge in [0.1, 0.15) is 34.7 Å². The summed E-state index contributed by atoms with van der Waals surface area (Å²) in [5, 5.41) is 0. The zero-order chi connectivity index (χ0) is 15.2. The highest BCUT2D eigenvalue weighted by molar-refractivity contribution is 6.11. The van der Waals surface area contributed by atoms with Gasteiger partial charge in [0.05, 0.1) is 25.4 Å². The Labute approximate surface area is 128 Å². The molecule has 120 valence electrons. The van der Waals surface area contributed by atoms with Gasteiger partial charge in [-0.15, -0.1) is 0 Å². The minimum atomic E-state index is -0.0119. The quantitative estimate of drug-likeness (QED) is 0.309. The molecule has 0 N–H and O–H groups in total. The van der Waals surface area contributed by atoms with E-state index in [2.05, 4.69) is 7.85 Å². The van der Waals surface area contributed by atoms with Crippen molar-refractivity contribution >= 4 is 15.7 Å². The third kappa shape index (κ3) is 4.94. The first-order valence-electron chi connectivity index (χ1n) is 7.66. The van der Waals surface area contributed by atoms with Crippen molar-refractivity contribution in [1.82, 2.24) is 0 Å². The number of rotatable bonds is 8. The van der Waals surface area contributed by atoms with E-state index >= 15 is 0 Å². The first-order chi connectivity index (χ1) is 10.1. The second kappa shape index (κ2) is 8.50. The highest BCUT2D eigenvalue weighted by atomic mass is 16.7. The van der Waals surface area contributed by atoms with Crippen molar-refractivity contribution in [2.45, 2.75) is 49.3 Å². The number of hydrogen-bond acceptors (Lipinski definition) is 6. The molecule has 0 spiro atoms. The van der Waals surface area contributed by atoms with E-state index in [0.29, 0.717) is 13.2 Å². The van der Waals surface area contributed by atoms with Crippen molar-refractivity contribution in [2.24, 2.45) is 0 Å². The summed E-state index contributed by atoms with van der Waals surface area (Å²) < 4.78 is 33.4.